The van der Waals surface area contributed by atoms with Crippen molar-refractivity contribution in [2.75, 3.05) is 13.1 Å². The summed E-state index contributed by atoms with van der Waals surface area (Å²) in [4.78, 5) is 1.69. The van der Waals surface area contributed by atoms with Crippen molar-refractivity contribution in [2.24, 2.45) is 0 Å². The fraction of sp³-hybridized carbons (Fsp3) is 0.462. The van der Waals surface area contributed by atoms with Crippen LogP contribution in [0.15, 0.2) is 24.3 Å². The number of nitrogens with zero attached hydrogens (tertiary/aromatic N) is 2. The molecule has 1 aliphatic heterocycles. The number of nitriles is 1. The number of alkyl halides is 3. The maximum atomic E-state index is 12.7. The third kappa shape index (κ3) is 3.06. The van der Waals surface area contributed by atoms with Crippen LogP contribution in [-0.2, 0) is 6.18 Å². The van der Waals surface area contributed by atoms with E-state index in [4.69, 9.17) is 5.26 Å². The van der Waals surface area contributed by atoms with Gasteiger partial charge in [-0.05, 0) is 24.1 Å². The molecule has 19 heavy (non-hydrogen) atoms. The number of aliphatic hydroxyl groups is 1. The van der Waals surface area contributed by atoms with Crippen molar-refractivity contribution in [3.63, 3.8) is 0 Å². The largest absolute Gasteiger partial charge is 0.416 e. The van der Waals surface area contributed by atoms with E-state index in [2.05, 4.69) is 0 Å². The van der Waals surface area contributed by atoms with Gasteiger partial charge in [0, 0.05) is 12.6 Å². The summed E-state index contributed by atoms with van der Waals surface area (Å²) in [5.74, 6) is 0. The van der Waals surface area contributed by atoms with Gasteiger partial charge in [0.1, 0.15) is 0 Å². The maximum Gasteiger partial charge on any atom is 0.416 e. The van der Waals surface area contributed by atoms with Gasteiger partial charge < -0.3 is 5.11 Å². The van der Waals surface area contributed by atoms with Crippen LogP contribution in [0.1, 0.15) is 23.6 Å². The van der Waals surface area contributed by atoms with E-state index < -0.39 is 17.8 Å². The molecule has 0 aliphatic carbocycles. The van der Waals surface area contributed by atoms with Gasteiger partial charge in [0.15, 0.2) is 0 Å². The second-order valence-electron chi connectivity index (χ2n) is 4.62. The molecule has 0 amide bonds. The molecule has 0 aromatic heterocycles. The minimum Gasteiger partial charge on any atom is -0.392 e. The Bertz CT molecular complexity index is 495. The molecular formula is C13H13F3N2O. The average Bonchev–Trinajstić information content (AvgIpc) is 2.70. The molecule has 1 N–H and O–H groups in total. The van der Waals surface area contributed by atoms with Crippen LogP contribution in [-0.4, -0.2) is 29.2 Å². The normalized spacial score (nSPS) is 24.4. The van der Waals surface area contributed by atoms with Crippen molar-refractivity contribution < 1.29 is 18.3 Å². The molecule has 1 aliphatic rings. The Morgan fingerprint density at radius 2 is 2.16 bits per heavy atom. The molecule has 1 fully saturated rings. The van der Waals surface area contributed by atoms with Crippen LogP contribution >= 0.6 is 0 Å². The highest BCUT2D eigenvalue weighted by atomic mass is 19.4. The minimum atomic E-state index is -4.38. The van der Waals surface area contributed by atoms with Crippen molar-refractivity contribution in [1.29, 1.82) is 5.26 Å². The predicted octanol–water partition coefficient (Wildman–Crippen LogP) is 2.34. The summed E-state index contributed by atoms with van der Waals surface area (Å²) in [6.07, 6.45) is -4.64. The second kappa shape index (κ2) is 5.19. The maximum absolute atomic E-state index is 12.7. The number of aliphatic hydroxyl groups excluding tert-OH is 1. The van der Waals surface area contributed by atoms with Crippen LogP contribution in [0.4, 0.5) is 13.2 Å². The molecule has 0 bridgehead atoms. The lowest BCUT2D eigenvalue weighted by atomic mass is 10.0. The van der Waals surface area contributed by atoms with Crippen molar-refractivity contribution in [3.05, 3.63) is 35.4 Å². The predicted molar refractivity (Wildman–Crippen MR) is 62.0 cm³/mol. The van der Waals surface area contributed by atoms with E-state index in [-0.39, 0.29) is 12.6 Å². The molecule has 0 radical (unpaired) electrons. The Morgan fingerprint density at radius 3 is 2.79 bits per heavy atom. The van der Waals surface area contributed by atoms with E-state index in [1.165, 1.54) is 6.07 Å². The summed E-state index contributed by atoms with van der Waals surface area (Å²) >= 11 is 0. The van der Waals surface area contributed by atoms with Gasteiger partial charge in [-0.25, -0.2) is 0 Å². The molecule has 0 spiro atoms. The van der Waals surface area contributed by atoms with Crippen molar-refractivity contribution in [2.45, 2.75) is 24.7 Å². The number of rotatable bonds is 2. The van der Waals surface area contributed by atoms with E-state index in [0.717, 1.165) is 12.1 Å². The third-order valence-electron chi connectivity index (χ3n) is 3.25. The fourth-order valence-electron chi connectivity index (χ4n) is 2.41. The van der Waals surface area contributed by atoms with Gasteiger partial charge in [0.05, 0.1) is 24.3 Å². The molecule has 1 aromatic carbocycles. The van der Waals surface area contributed by atoms with Crippen LogP contribution in [0, 0.1) is 11.3 Å². The number of halogens is 3. The monoisotopic (exact) mass is 270 g/mol. The van der Waals surface area contributed by atoms with Crippen molar-refractivity contribution in [3.8, 4) is 6.07 Å². The van der Waals surface area contributed by atoms with Gasteiger partial charge in [-0.1, -0.05) is 12.1 Å². The van der Waals surface area contributed by atoms with Gasteiger partial charge in [-0.2, -0.15) is 18.4 Å². The summed E-state index contributed by atoms with van der Waals surface area (Å²) in [5, 5.41) is 18.3. The zero-order valence-corrected chi connectivity index (χ0v) is 10.1. The van der Waals surface area contributed by atoms with Crippen molar-refractivity contribution in [1.82, 2.24) is 4.90 Å². The molecule has 1 aromatic rings. The lowest BCUT2D eigenvalue weighted by Gasteiger charge is -2.22. The SMILES string of the molecule is N#CCN1C[C@@H](O)C[C@@H]1c1cccc(C(F)(F)F)c1. The average molecular weight is 270 g/mol. The number of β-amino-alcohol motifs (C(OH)–C–C–N with tert-alkyl or cyclic N) is 1. The topological polar surface area (TPSA) is 47.3 Å². The number of likely N-dealkylation sites (tertiary alicyclic amines) is 1. The highest BCUT2D eigenvalue weighted by Gasteiger charge is 2.34. The van der Waals surface area contributed by atoms with Crippen LogP contribution in [0.2, 0.25) is 0 Å². The molecule has 3 nitrogen and oxygen atoms in total. The standard InChI is InChI=1S/C13H13F3N2O/c14-13(15,16)10-3-1-2-9(6-10)12-7-11(19)8-18(12)5-4-17/h1-3,6,11-12,19H,5,7-8H2/t11-,12+/m0/s1. The Balaban J connectivity index is 2.28. The first-order valence-corrected chi connectivity index (χ1v) is 5.88. The van der Waals surface area contributed by atoms with Gasteiger partial charge in [-0.15, -0.1) is 0 Å². The molecule has 102 valence electrons. The summed E-state index contributed by atoms with van der Waals surface area (Å²) in [7, 11) is 0. The van der Waals surface area contributed by atoms with E-state index in [9.17, 15) is 18.3 Å². The third-order valence-corrected chi connectivity index (χ3v) is 3.25. The fourth-order valence-corrected chi connectivity index (χ4v) is 2.41. The van der Waals surface area contributed by atoms with Gasteiger partial charge in [-0.3, -0.25) is 4.90 Å². The molecule has 1 saturated heterocycles. The lowest BCUT2D eigenvalue weighted by Crippen LogP contribution is -2.25. The Kier molecular flexibility index (Phi) is 3.78. The summed E-state index contributed by atoms with van der Waals surface area (Å²) in [6.45, 7) is 0.409. The second-order valence-corrected chi connectivity index (χ2v) is 4.62. The summed E-state index contributed by atoms with van der Waals surface area (Å²) in [6, 6.07) is 6.69. The molecule has 0 saturated carbocycles. The smallest absolute Gasteiger partial charge is 0.392 e. The Labute approximate surface area is 108 Å². The van der Waals surface area contributed by atoms with Crippen LogP contribution in [0.5, 0.6) is 0 Å². The summed E-state index contributed by atoms with van der Waals surface area (Å²) < 4.78 is 38.0. The first kappa shape index (κ1) is 13.8. The molecule has 0 unspecified atom stereocenters. The number of hydrogen-bond donors (Lipinski definition) is 1. The molecule has 2 atom stereocenters. The van der Waals surface area contributed by atoms with E-state index in [0.29, 0.717) is 18.5 Å². The number of hydrogen-bond acceptors (Lipinski definition) is 3. The van der Waals surface area contributed by atoms with Crippen LogP contribution in [0.3, 0.4) is 0 Å². The van der Waals surface area contributed by atoms with E-state index in [1.54, 1.807) is 11.0 Å². The Hall–Kier alpha value is -1.58. The van der Waals surface area contributed by atoms with E-state index in [1.807, 2.05) is 6.07 Å². The van der Waals surface area contributed by atoms with Gasteiger partial charge >= 0.3 is 6.18 Å². The number of benzene rings is 1. The first-order chi connectivity index (χ1) is 8.91. The molecule has 2 rings (SSSR count). The van der Waals surface area contributed by atoms with Gasteiger partial charge in [0.2, 0.25) is 0 Å². The highest BCUT2D eigenvalue weighted by Crippen LogP contribution is 2.35. The molecule has 6 heteroatoms. The zero-order chi connectivity index (χ0) is 14.0. The quantitative estimate of drug-likeness (QED) is 0.839. The zero-order valence-electron chi connectivity index (χ0n) is 10.1. The van der Waals surface area contributed by atoms with E-state index >= 15 is 0 Å². The molecular weight excluding hydrogens is 257 g/mol. The summed E-state index contributed by atoms with van der Waals surface area (Å²) in [5.41, 5.74) is -0.218. The Morgan fingerprint density at radius 1 is 1.42 bits per heavy atom. The first-order valence-electron chi connectivity index (χ1n) is 5.88. The van der Waals surface area contributed by atoms with Crippen LogP contribution in [0.25, 0.3) is 0 Å². The van der Waals surface area contributed by atoms with Gasteiger partial charge in [0.25, 0.3) is 0 Å². The van der Waals surface area contributed by atoms with Crippen LogP contribution < -0.4 is 0 Å². The lowest BCUT2D eigenvalue weighted by molar-refractivity contribution is -0.137. The van der Waals surface area contributed by atoms with Crippen molar-refractivity contribution >= 4 is 0 Å². The molecule has 1 heterocycles. The highest BCUT2D eigenvalue weighted by molar-refractivity contribution is 5.29. The minimum absolute atomic E-state index is 0.0952.